The minimum Gasteiger partial charge on any atom is -0.478 e. The molecule has 2 aromatic rings. The van der Waals surface area contributed by atoms with Crippen LogP contribution >= 0.6 is 0 Å². The predicted molar refractivity (Wildman–Crippen MR) is 144 cm³/mol. The first kappa shape index (κ1) is 23.9. The predicted octanol–water partition coefficient (Wildman–Crippen LogP) is 3.43. The van der Waals surface area contributed by atoms with Crippen molar-refractivity contribution in [3.63, 3.8) is 0 Å². The van der Waals surface area contributed by atoms with Gasteiger partial charge < -0.3 is 15.7 Å². The average Bonchev–Trinajstić information content (AvgIpc) is 2.79. The monoisotopic (exact) mass is 472 g/mol. The van der Waals surface area contributed by atoms with Crippen LogP contribution in [0.5, 0.6) is 0 Å². The molecule has 0 bridgehead atoms. The van der Waals surface area contributed by atoms with Gasteiger partial charge in [0.2, 0.25) is 0 Å². The molecular formula is C28H34N3O2Si+. The van der Waals surface area contributed by atoms with E-state index in [1.807, 2.05) is 6.07 Å². The van der Waals surface area contributed by atoms with Crippen LogP contribution in [-0.2, 0) is 6.42 Å². The van der Waals surface area contributed by atoms with Crippen molar-refractivity contribution in [2.45, 2.75) is 19.5 Å². The van der Waals surface area contributed by atoms with Crippen LogP contribution in [0.2, 0.25) is 13.1 Å². The van der Waals surface area contributed by atoms with Crippen molar-refractivity contribution in [1.29, 1.82) is 0 Å². The fourth-order valence-corrected chi connectivity index (χ4v) is 8.08. The van der Waals surface area contributed by atoms with Gasteiger partial charge >= 0.3 is 5.97 Å². The third-order valence-electron chi connectivity index (χ3n) is 6.96. The number of carboxylic acids is 1. The second-order valence-corrected chi connectivity index (χ2v) is 14.3. The van der Waals surface area contributed by atoms with E-state index in [1.165, 1.54) is 38.5 Å². The molecule has 1 aliphatic heterocycles. The number of hydrogen-bond donors (Lipinski definition) is 2. The molecule has 0 atom stereocenters. The Bertz CT molecular complexity index is 1310. The van der Waals surface area contributed by atoms with E-state index in [9.17, 15) is 9.90 Å². The van der Waals surface area contributed by atoms with Crippen molar-refractivity contribution in [1.82, 2.24) is 0 Å². The normalized spacial score (nSPS) is 16.1. The molecule has 0 saturated heterocycles. The van der Waals surface area contributed by atoms with Crippen LogP contribution in [0.15, 0.2) is 65.4 Å². The number of fused-ring (bicyclic) bond motifs is 2. The largest absolute Gasteiger partial charge is 0.478 e. The van der Waals surface area contributed by atoms with E-state index in [0.717, 1.165) is 11.1 Å². The molecule has 0 fully saturated rings. The fourth-order valence-electron chi connectivity index (χ4n) is 5.00. The summed E-state index contributed by atoms with van der Waals surface area (Å²) in [4.78, 5) is 13.8. The number of allylic oxidation sites excluding steroid dienone is 5. The maximum atomic E-state index is 11.7. The highest BCUT2D eigenvalue weighted by molar-refractivity contribution is 6.98. The third-order valence-corrected chi connectivity index (χ3v) is 10.5. The van der Waals surface area contributed by atoms with Crippen molar-refractivity contribution in [2.75, 3.05) is 39.6 Å². The van der Waals surface area contributed by atoms with Gasteiger partial charge in [-0.2, -0.15) is 0 Å². The molecule has 1 aliphatic carbocycles. The van der Waals surface area contributed by atoms with Gasteiger partial charge in [-0.3, -0.25) is 0 Å². The molecule has 1 heterocycles. The molecule has 3 N–H and O–H groups in total. The number of carboxylic acid groups (broad SMARTS) is 1. The second-order valence-electron chi connectivity index (χ2n) is 9.96. The smallest absolute Gasteiger partial charge is 0.335 e. The Balaban J connectivity index is 2.10. The third kappa shape index (κ3) is 3.97. The molecule has 5 nitrogen and oxygen atoms in total. The molecule has 2 aliphatic rings. The van der Waals surface area contributed by atoms with Gasteiger partial charge in [0.1, 0.15) is 22.2 Å². The van der Waals surface area contributed by atoms with Crippen LogP contribution in [0.4, 0.5) is 5.69 Å². The first-order chi connectivity index (χ1) is 16.1. The van der Waals surface area contributed by atoms with Gasteiger partial charge in [0, 0.05) is 31.9 Å². The summed E-state index contributed by atoms with van der Waals surface area (Å²) in [6.07, 6.45) is 7.39. The number of nitrogens with zero attached hydrogens (tertiary/aromatic N) is 2. The van der Waals surface area contributed by atoms with Crippen molar-refractivity contribution in [3.05, 3.63) is 87.6 Å². The molecule has 176 valence electrons. The average molecular weight is 473 g/mol. The van der Waals surface area contributed by atoms with E-state index in [2.05, 4.69) is 87.2 Å². The topological polar surface area (TPSA) is 69.6 Å². The van der Waals surface area contributed by atoms with E-state index < -0.39 is 14.0 Å². The van der Waals surface area contributed by atoms with Crippen LogP contribution in [0.3, 0.4) is 0 Å². The maximum Gasteiger partial charge on any atom is 0.335 e. The van der Waals surface area contributed by atoms with E-state index in [4.69, 9.17) is 5.73 Å². The van der Waals surface area contributed by atoms with Gasteiger partial charge in [-0.15, -0.1) is 0 Å². The summed E-state index contributed by atoms with van der Waals surface area (Å²) in [5.41, 5.74) is 14.3. The number of carbonyl (C=O) groups is 1. The van der Waals surface area contributed by atoms with E-state index in [0.29, 0.717) is 18.5 Å². The molecule has 0 spiro atoms. The Kier molecular flexibility index (Phi) is 6.23. The highest BCUT2D eigenvalue weighted by atomic mass is 28.3. The van der Waals surface area contributed by atoms with E-state index in [1.54, 1.807) is 12.1 Å². The van der Waals surface area contributed by atoms with Gasteiger partial charge in [-0.05, 0) is 81.5 Å². The van der Waals surface area contributed by atoms with Crippen molar-refractivity contribution in [3.8, 4) is 0 Å². The Labute approximate surface area is 203 Å². The summed E-state index contributed by atoms with van der Waals surface area (Å²) in [5.74, 6) is -0.918. The molecular weight excluding hydrogens is 438 g/mol. The molecule has 0 radical (unpaired) electrons. The fraction of sp³-hybridized carbons (Fsp3) is 0.286. The van der Waals surface area contributed by atoms with Crippen LogP contribution in [0.1, 0.15) is 27.0 Å². The van der Waals surface area contributed by atoms with Gasteiger partial charge in [-0.1, -0.05) is 25.2 Å². The molecule has 4 rings (SSSR count). The molecule has 6 heteroatoms. The number of rotatable bonds is 5. The summed E-state index contributed by atoms with van der Waals surface area (Å²) in [5, 5.41) is 12.4. The highest BCUT2D eigenvalue weighted by Gasteiger charge is 2.40. The minimum absolute atomic E-state index is 0.296. The molecule has 0 unspecified atom stereocenters. The molecule has 0 saturated carbocycles. The van der Waals surface area contributed by atoms with Crippen molar-refractivity contribution >= 4 is 36.2 Å². The van der Waals surface area contributed by atoms with Crippen LogP contribution in [0.25, 0.3) is 5.57 Å². The summed E-state index contributed by atoms with van der Waals surface area (Å²) in [6.45, 7) is 5.31. The summed E-state index contributed by atoms with van der Waals surface area (Å²) >= 11 is 0. The second kappa shape index (κ2) is 8.85. The SMILES string of the molecule is CN(C)c1ccc2c(c1)[Si](C)(C)C1=CC(=[N+](C)C)C=CC1=C2c1ccc(C(=O)O)cc1CCN. The first-order valence-corrected chi connectivity index (χ1v) is 14.6. The number of hydrogen-bond acceptors (Lipinski definition) is 3. The minimum atomic E-state index is -2.02. The van der Waals surface area contributed by atoms with E-state index in [-0.39, 0.29) is 0 Å². The zero-order valence-electron chi connectivity index (χ0n) is 20.9. The zero-order chi connectivity index (χ0) is 24.8. The van der Waals surface area contributed by atoms with Gasteiger partial charge in [-0.25, -0.2) is 9.37 Å². The Morgan fingerprint density at radius 3 is 2.38 bits per heavy atom. The number of benzene rings is 2. The number of anilines is 1. The van der Waals surface area contributed by atoms with Crippen LogP contribution < -0.4 is 15.8 Å². The quantitative estimate of drug-likeness (QED) is 0.517. The summed E-state index contributed by atoms with van der Waals surface area (Å²) < 4.78 is 2.15. The van der Waals surface area contributed by atoms with Crippen molar-refractivity contribution < 1.29 is 14.5 Å². The summed E-state index contributed by atoms with van der Waals surface area (Å²) in [6, 6.07) is 12.2. The molecule has 2 aromatic carbocycles. The maximum absolute atomic E-state index is 11.7. The lowest BCUT2D eigenvalue weighted by Crippen LogP contribution is -2.49. The molecule has 0 aromatic heterocycles. The highest BCUT2D eigenvalue weighted by Crippen LogP contribution is 2.42. The standard InChI is InChI=1S/C28H33N3O2Si/c1-30(2)20-8-11-23-25(16-20)34(5,6)26-17-21(31(3)4)9-12-24(26)27(23)22-10-7-19(28(32)33)15-18(22)13-14-29/h7-12,15-17H,13-14,29H2,1-6H3/p+1. The Morgan fingerprint density at radius 1 is 1.06 bits per heavy atom. The molecule has 0 amide bonds. The zero-order valence-corrected chi connectivity index (χ0v) is 21.9. The Hall–Kier alpha value is -3.22. The van der Waals surface area contributed by atoms with Crippen molar-refractivity contribution in [2.24, 2.45) is 5.73 Å². The van der Waals surface area contributed by atoms with Crippen LogP contribution in [0, 0.1) is 0 Å². The van der Waals surface area contributed by atoms with Gasteiger partial charge in [0.15, 0.2) is 5.71 Å². The lowest BCUT2D eigenvalue weighted by atomic mass is 9.86. The lowest BCUT2D eigenvalue weighted by Gasteiger charge is -2.38. The lowest BCUT2D eigenvalue weighted by molar-refractivity contribution is -0.462. The summed E-state index contributed by atoms with van der Waals surface area (Å²) in [7, 11) is 6.28. The van der Waals surface area contributed by atoms with E-state index >= 15 is 0 Å². The number of nitrogens with two attached hydrogens (primary N) is 1. The van der Waals surface area contributed by atoms with Gasteiger partial charge in [0.25, 0.3) is 0 Å². The first-order valence-electron chi connectivity index (χ1n) is 11.6. The Morgan fingerprint density at radius 2 is 1.76 bits per heavy atom. The van der Waals surface area contributed by atoms with Crippen LogP contribution in [-0.4, -0.2) is 64.2 Å². The number of aromatic carboxylic acids is 1. The molecule has 34 heavy (non-hydrogen) atoms. The van der Waals surface area contributed by atoms with Gasteiger partial charge in [0.05, 0.1) is 5.56 Å².